The highest BCUT2D eigenvalue weighted by Crippen LogP contribution is 2.21. The summed E-state index contributed by atoms with van der Waals surface area (Å²) >= 11 is 5.51. The van der Waals surface area contributed by atoms with Crippen LogP contribution in [0.25, 0.3) is 0 Å². The van der Waals surface area contributed by atoms with Crippen LogP contribution in [-0.2, 0) is 6.42 Å². The molecule has 0 aliphatic carbocycles. The summed E-state index contributed by atoms with van der Waals surface area (Å²) in [5, 5.41) is 7.39. The number of rotatable bonds is 6. The number of pyridine rings is 1. The fourth-order valence-electron chi connectivity index (χ4n) is 2.70. The summed E-state index contributed by atoms with van der Waals surface area (Å²) in [5.74, 6) is 0. The molecule has 3 nitrogen and oxygen atoms in total. The van der Waals surface area contributed by atoms with E-state index in [-0.39, 0.29) is 6.04 Å². The summed E-state index contributed by atoms with van der Waals surface area (Å²) in [7, 11) is 0. The number of hydrogen-bond acceptors (Lipinski definition) is 2. The zero-order valence-electron chi connectivity index (χ0n) is 13.9. The quantitative estimate of drug-likeness (QED) is 0.664. The van der Waals surface area contributed by atoms with Gasteiger partial charge in [-0.1, -0.05) is 66.7 Å². The molecule has 0 saturated heterocycles. The number of aromatic nitrogens is 1. The number of benzene rings is 2. The van der Waals surface area contributed by atoms with E-state index in [1.807, 2.05) is 48.7 Å². The van der Waals surface area contributed by atoms with Gasteiger partial charge in [0.25, 0.3) is 0 Å². The van der Waals surface area contributed by atoms with E-state index in [9.17, 15) is 0 Å². The van der Waals surface area contributed by atoms with Crippen molar-refractivity contribution in [3.05, 3.63) is 102 Å². The molecule has 0 radical (unpaired) electrons. The third-order valence-corrected chi connectivity index (χ3v) is 4.23. The molecular formula is C21H21N3S. The van der Waals surface area contributed by atoms with E-state index < -0.39 is 0 Å². The molecule has 0 atom stereocenters. The van der Waals surface area contributed by atoms with E-state index >= 15 is 0 Å². The van der Waals surface area contributed by atoms with Crippen LogP contribution in [0.4, 0.5) is 0 Å². The second-order valence-electron chi connectivity index (χ2n) is 5.77. The van der Waals surface area contributed by atoms with E-state index in [4.69, 9.17) is 12.2 Å². The molecule has 0 fully saturated rings. The lowest BCUT2D eigenvalue weighted by molar-refractivity contribution is 0.732. The van der Waals surface area contributed by atoms with Gasteiger partial charge in [-0.2, -0.15) is 0 Å². The fourth-order valence-corrected chi connectivity index (χ4v) is 2.92. The zero-order valence-corrected chi connectivity index (χ0v) is 14.7. The summed E-state index contributed by atoms with van der Waals surface area (Å²) in [6.07, 6.45) is 4.55. The molecule has 2 N–H and O–H groups in total. The monoisotopic (exact) mass is 347 g/mol. The number of nitrogens with one attached hydrogen (secondary N) is 2. The van der Waals surface area contributed by atoms with Crippen molar-refractivity contribution in [2.75, 3.05) is 6.54 Å². The Kier molecular flexibility index (Phi) is 6.12. The minimum atomic E-state index is 0.0285. The lowest BCUT2D eigenvalue weighted by atomic mass is 9.99. The minimum Gasteiger partial charge on any atom is -0.362 e. The molecule has 1 aromatic heterocycles. The highest BCUT2D eigenvalue weighted by Gasteiger charge is 2.14. The summed E-state index contributed by atoms with van der Waals surface area (Å²) < 4.78 is 0. The van der Waals surface area contributed by atoms with Crippen molar-refractivity contribution >= 4 is 17.3 Å². The van der Waals surface area contributed by atoms with Gasteiger partial charge in [-0.3, -0.25) is 4.98 Å². The molecule has 4 heteroatoms. The third kappa shape index (κ3) is 5.13. The smallest absolute Gasteiger partial charge is 0.167 e. The lowest BCUT2D eigenvalue weighted by Gasteiger charge is -2.22. The van der Waals surface area contributed by atoms with Gasteiger partial charge in [0.15, 0.2) is 5.11 Å². The Morgan fingerprint density at radius 3 is 2.08 bits per heavy atom. The van der Waals surface area contributed by atoms with Crippen LogP contribution in [0.3, 0.4) is 0 Å². The zero-order chi connectivity index (χ0) is 17.3. The molecular weight excluding hydrogens is 326 g/mol. The van der Waals surface area contributed by atoms with E-state index in [0.717, 1.165) is 13.0 Å². The molecule has 0 bridgehead atoms. The molecule has 1 heterocycles. The van der Waals surface area contributed by atoms with Gasteiger partial charge in [0.2, 0.25) is 0 Å². The maximum atomic E-state index is 5.51. The van der Waals surface area contributed by atoms with Crippen molar-refractivity contribution in [1.82, 2.24) is 15.6 Å². The van der Waals surface area contributed by atoms with Gasteiger partial charge >= 0.3 is 0 Å². The molecule has 3 aromatic rings. The fraction of sp³-hybridized carbons (Fsp3) is 0.143. The van der Waals surface area contributed by atoms with Crippen LogP contribution in [0.2, 0.25) is 0 Å². The normalized spacial score (nSPS) is 10.4. The number of nitrogens with zero attached hydrogens (tertiary/aromatic N) is 1. The number of thiocarbonyl (C=S) groups is 1. The van der Waals surface area contributed by atoms with E-state index in [2.05, 4.69) is 45.9 Å². The Morgan fingerprint density at radius 2 is 1.52 bits per heavy atom. The summed E-state index contributed by atoms with van der Waals surface area (Å²) in [6.45, 7) is 0.772. The largest absolute Gasteiger partial charge is 0.362 e. The Hall–Kier alpha value is -2.72. The molecule has 0 aliphatic rings. The van der Waals surface area contributed by atoms with E-state index in [1.165, 1.54) is 16.7 Å². The van der Waals surface area contributed by atoms with Crippen LogP contribution >= 0.6 is 12.2 Å². The molecule has 126 valence electrons. The van der Waals surface area contributed by atoms with Crippen molar-refractivity contribution in [2.45, 2.75) is 12.5 Å². The van der Waals surface area contributed by atoms with Gasteiger partial charge in [0.05, 0.1) is 6.04 Å². The van der Waals surface area contributed by atoms with Gasteiger partial charge in [-0.25, -0.2) is 0 Å². The Labute approximate surface area is 154 Å². The van der Waals surface area contributed by atoms with Crippen LogP contribution in [0.15, 0.2) is 85.2 Å². The highest BCUT2D eigenvalue weighted by molar-refractivity contribution is 7.80. The average Bonchev–Trinajstić information content (AvgIpc) is 2.68. The molecule has 0 spiro atoms. The predicted molar refractivity (Wildman–Crippen MR) is 106 cm³/mol. The Balaban J connectivity index is 1.63. The molecule has 0 aliphatic heterocycles. The van der Waals surface area contributed by atoms with Crippen LogP contribution < -0.4 is 10.6 Å². The first-order valence-corrected chi connectivity index (χ1v) is 8.77. The predicted octanol–water partition coefficient (Wildman–Crippen LogP) is 3.88. The van der Waals surface area contributed by atoms with Crippen molar-refractivity contribution in [3.8, 4) is 0 Å². The van der Waals surface area contributed by atoms with Gasteiger partial charge in [0, 0.05) is 18.9 Å². The second-order valence-corrected chi connectivity index (χ2v) is 6.17. The standard InChI is InChI=1S/C21H21N3S/c25-21(23-15-13-17-8-7-14-22-16-17)24-20(18-9-3-1-4-10-18)19-11-5-2-6-12-19/h1-12,14,16,20H,13,15H2,(H2,23,24,25). The summed E-state index contributed by atoms with van der Waals surface area (Å²) in [5.41, 5.74) is 3.57. The number of hydrogen-bond donors (Lipinski definition) is 2. The Bertz CT molecular complexity index is 737. The molecule has 0 unspecified atom stereocenters. The van der Waals surface area contributed by atoms with Gasteiger partial charge in [-0.15, -0.1) is 0 Å². The SMILES string of the molecule is S=C(NCCc1cccnc1)NC(c1ccccc1)c1ccccc1. The van der Waals surface area contributed by atoms with Crippen LogP contribution in [0.1, 0.15) is 22.7 Å². The summed E-state index contributed by atoms with van der Waals surface area (Å²) in [6, 6.07) is 24.7. The van der Waals surface area contributed by atoms with Crippen molar-refractivity contribution in [1.29, 1.82) is 0 Å². The minimum absolute atomic E-state index is 0.0285. The maximum absolute atomic E-state index is 5.51. The third-order valence-electron chi connectivity index (χ3n) is 3.96. The molecule has 25 heavy (non-hydrogen) atoms. The molecule has 3 rings (SSSR count). The molecule has 0 amide bonds. The molecule has 2 aromatic carbocycles. The van der Waals surface area contributed by atoms with E-state index in [1.54, 1.807) is 6.20 Å². The van der Waals surface area contributed by atoms with Gasteiger partial charge < -0.3 is 10.6 Å². The Morgan fingerprint density at radius 1 is 0.880 bits per heavy atom. The maximum Gasteiger partial charge on any atom is 0.167 e. The van der Waals surface area contributed by atoms with Crippen LogP contribution in [0.5, 0.6) is 0 Å². The van der Waals surface area contributed by atoms with E-state index in [0.29, 0.717) is 5.11 Å². The van der Waals surface area contributed by atoms with Crippen molar-refractivity contribution in [3.63, 3.8) is 0 Å². The first-order chi connectivity index (χ1) is 12.3. The first kappa shape index (κ1) is 17.1. The van der Waals surface area contributed by atoms with Crippen molar-refractivity contribution < 1.29 is 0 Å². The second kappa shape index (κ2) is 8.94. The molecule has 0 saturated carbocycles. The van der Waals surface area contributed by atoms with Crippen LogP contribution in [0, 0.1) is 0 Å². The summed E-state index contributed by atoms with van der Waals surface area (Å²) in [4.78, 5) is 4.13. The van der Waals surface area contributed by atoms with Gasteiger partial charge in [-0.05, 0) is 41.4 Å². The van der Waals surface area contributed by atoms with Crippen LogP contribution in [-0.4, -0.2) is 16.6 Å². The van der Waals surface area contributed by atoms with Crippen molar-refractivity contribution in [2.24, 2.45) is 0 Å². The van der Waals surface area contributed by atoms with Gasteiger partial charge in [0.1, 0.15) is 0 Å². The highest BCUT2D eigenvalue weighted by atomic mass is 32.1. The average molecular weight is 347 g/mol. The topological polar surface area (TPSA) is 37.0 Å². The lowest BCUT2D eigenvalue weighted by Crippen LogP contribution is -2.39. The first-order valence-electron chi connectivity index (χ1n) is 8.36.